The van der Waals surface area contributed by atoms with E-state index in [0.29, 0.717) is 27.6 Å². The van der Waals surface area contributed by atoms with E-state index in [0.717, 1.165) is 19.3 Å². The molecule has 0 saturated heterocycles. The van der Waals surface area contributed by atoms with Gasteiger partial charge >= 0.3 is 0 Å². The number of amides is 1. The van der Waals surface area contributed by atoms with Gasteiger partial charge in [-0.15, -0.1) is 12.6 Å². The minimum atomic E-state index is -0.555. The molecule has 1 aromatic carbocycles. The van der Waals surface area contributed by atoms with Gasteiger partial charge in [0.2, 0.25) is 0 Å². The van der Waals surface area contributed by atoms with E-state index in [-0.39, 0.29) is 24.8 Å². The summed E-state index contributed by atoms with van der Waals surface area (Å²) in [4.78, 5) is 17.4. The Kier molecular flexibility index (Phi) is 6.55. The maximum atomic E-state index is 12.7. The summed E-state index contributed by atoms with van der Waals surface area (Å²) in [5, 5.41) is 12.4. The Bertz CT molecular complexity index is 732. The van der Waals surface area contributed by atoms with Crippen molar-refractivity contribution in [3.05, 3.63) is 34.4 Å². The Morgan fingerprint density at radius 2 is 2.15 bits per heavy atom. The van der Waals surface area contributed by atoms with Crippen molar-refractivity contribution in [2.75, 3.05) is 26.0 Å². The lowest BCUT2D eigenvalue weighted by molar-refractivity contribution is -0.118. The molecule has 0 aliphatic heterocycles. The van der Waals surface area contributed by atoms with Gasteiger partial charge in [-0.25, -0.2) is 0 Å². The first-order chi connectivity index (χ1) is 12.3. The van der Waals surface area contributed by atoms with Crippen molar-refractivity contribution in [1.29, 1.82) is 0 Å². The number of hydrogen-bond donors (Lipinski definition) is 5. The largest absolute Gasteiger partial charge is 0.488 e. The smallest absolute Gasteiger partial charge is 0.270 e. The first-order valence-corrected chi connectivity index (χ1v) is 8.83. The fraction of sp³-hybridized carbons (Fsp3) is 0.444. The van der Waals surface area contributed by atoms with Crippen LogP contribution in [0.3, 0.4) is 0 Å². The lowest BCUT2D eigenvalue weighted by atomic mass is 9.77. The van der Waals surface area contributed by atoms with E-state index in [2.05, 4.69) is 22.9 Å². The minimum absolute atomic E-state index is 0.0934. The van der Waals surface area contributed by atoms with Crippen molar-refractivity contribution in [2.45, 2.75) is 31.7 Å². The molecule has 26 heavy (non-hydrogen) atoms. The molecule has 1 amide bonds. The van der Waals surface area contributed by atoms with Crippen LogP contribution in [0.25, 0.3) is 0 Å². The molecule has 0 heterocycles. The Balaban J connectivity index is 2.20. The summed E-state index contributed by atoms with van der Waals surface area (Å²) in [5.74, 6) is 0.161. The Hall–Kier alpha value is -2.19. The summed E-state index contributed by atoms with van der Waals surface area (Å²) in [7, 11) is 1.53. The number of ether oxygens (including phenoxy) is 1. The maximum absolute atomic E-state index is 12.7. The molecular weight excluding hydrogens is 352 g/mol. The number of rotatable bonds is 7. The predicted octanol–water partition coefficient (Wildman–Crippen LogP) is 1.22. The predicted molar refractivity (Wildman–Crippen MR) is 106 cm³/mol. The summed E-state index contributed by atoms with van der Waals surface area (Å²) in [6.45, 7) is 1.86. The van der Waals surface area contributed by atoms with Gasteiger partial charge in [-0.05, 0) is 44.4 Å². The van der Waals surface area contributed by atoms with E-state index >= 15 is 0 Å². The van der Waals surface area contributed by atoms with Crippen LogP contribution in [0.15, 0.2) is 33.8 Å². The number of nitrogen functional groups attached to an aromatic ring is 1. The summed E-state index contributed by atoms with van der Waals surface area (Å²) in [5.41, 5.74) is 12.8. The number of nitrogens with one attached hydrogen (secondary N) is 1. The van der Waals surface area contributed by atoms with Crippen molar-refractivity contribution in [3.63, 3.8) is 0 Å². The fourth-order valence-corrected chi connectivity index (χ4v) is 2.73. The highest BCUT2D eigenvalue weighted by molar-refractivity contribution is 7.84. The van der Waals surface area contributed by atoms with Crippen LogP contribution in [0.5, 0.6) is 5.75 Å². The quantitative estimate of drug-likeness (QED) is 0.277. The number of benzene rings is 1. The molecule has 1 saturated carbocycles. The Labute approximate surface area is 158 Å². The summed E-state index contributed by atoms with van der Waals surface area (Å²) >= 11 is 4.26. The van der Waals surface area contributed by atoms with Gasteiger partial charge < -0.3 is 26.6 Å². The number of nitrogens with two attached hydrogens (primary N) is 2. The van der Waals surface area contributed by atoms with E-state index in [1.54, 1.807) is 25.1 Å². The molecule has 7 nitrogen and oxygen atoms in total. The third kappa shape index (κ3) is 4.50. The lowest BCUT2D eigenvalue weighted by Gasteiger charge is -2.41. The summed E-state index contributed by atoms with van der Waals surface area (Å²) in [6, 6.07) is 5.03. The second kappa shape index (κ2) is 8.46. The Morgan fingerprint density at radius 1 is 1.46 bits per heavy atom. The molecular formula is C18H26N4O3S. The van der Waals surface area contributed by atoms with Crippen molar-refractivity contribution >= 4 is 29.9 Å². The van der Waals surface area contributed by atoms with Crippen molar-refractivity contribution in [3.8, 4) is 5.75 Å². The number of allylic oxidation sites excluding steroid dienone is 1. The molecule has 0 radical (unpaired) electrons. The van der Waals surface area contributed by atoms with Crippen molar-refractivity contribution in [1.82, 2.24) is 5.32 Å². The first-order valence-electron chi connectivity index (χ1n) is 8.39. The van der Waals surface area contributed by atoms with Crippen LogP contribution in [0.1, 0.15) is 31.7 Å². The first kappa shape index (κ1) is 20.1. The molecule has 0 unspecified atom stereocenters. The molecule has 1 aliphatic carbocycles. The van der Waals surface area contributed by atoms with E-state index in [9.17, 15) is 9.90 Å². The zero-order chi connectivity index (χ0) is 19.3. The highest BCUT2D eigenvalue weighted by Crippen LogP contribution is 2.31. The van der Waals surface area contributed by atoms with Crippen LogP contribution in [0.4, 0.5) is 5.69 Å². The van der Waals surface area contributed by atoms with Crippen LogP contribution < -0.4 is 21.5 Å². The summed E-state index contributed by atoms with van der Waals surface area (Å²) < 4.78 is 5.66. The zero-order valence-electron chi connectivity index (χ0n) is 15.1. The van der Waals surface area contributed by atoms with Gasteiger partial charge in [-0.3, -0.25) is 9.79 Å². The number of carbonyl (C=O) groups excluding carboxylic acids is 1. The highest BCUT2D eigenvalue weighted by atomic mass is 32.1. The van der Waals surface area contributed by atoms with Gasteiger partial charge in [-0.1, -0.05) is 0 Å². The van der Waals surface area contributed by atoms with Gasteiger partial charge in [0, 0.05) is 28.9 Å². The molecule has 0 atom stereocenters. The molecule has 0 aromatic heterocycles. The second-order valence-electron chi connectivity index (χ2n) is 6.49. The average molecular weight is 378 g/mol. The standard InChI is InChI=1S/C18H26N4O3S/c1-11(19)15(26)9-25-12-4-5-14(20)13(8-12)16(21-2)17(24)22-18(10-23)6-3-7-18/h4-5,8,23,26H,3,6-7,9-10,19-20H2,1-2H3,(H,22,24)/b15-11-,21-16?. The molecule has 1 aliphatic rings. The lowest BCUT2D eigenvalue weighted by Crippen LogP contribution is -2.57. The number of anilines is 1. The number of nitrogens with zero attached hydrogens (tertiary/aromatic N) is 1. The highest BCUT2D eigenvalue weighted by Gasteiger charge is 2.38. The monoisotopic (exact) mass is 378 g/mol. The molecule has 6 N–H and O–H groups in total. The van der Waals surface area contributed by atoms with Crippen molar-refractivity contribution < 1.29 is 14.6 Å². The van der Waals surface area contributed by atoms with Crippen LogP contribution in [0, 0.1) is 0 Å². The number of aliphatic imine (C=N–C) groups is 1. The number of carbonyl (C=O) groups is 1. The fourth-order valence-electron chi connectivity index (χ4n) is 2.67. The average Bonchev–Trinajstić information content (AvgIpc) is 2.58. The maximum Gasteiger partial charge on any atom is 0.270 e. The van der Waals surface area contributed by atoms with Gasteiger partial charge in [-0.2, -0.15) is 0 Å². The van der Waals surface area contributed by atoms with E-state index < -0.39 is 5.54 Å². The topological polar surface area (TPSA) is 123 Å². The molecule has 8 heteroatoms. The van der Waals surface area contributed by atoms with E-state index in [1.165, 1.54) is 7.05 Å². The SMILES string of the molecule is CN=C(C(=O)NC1(CO)CCC1)c1cc(OC/C(S)=C(\C)N)ccc1N. The van der Waals surface area contributed by atoms with Gasteiger partial charge in [0.1, 0.15) is 18.1 Å². The van der Waals surface area contributed by atoms with Crippen LogP contribution >= 0.6 is 12.6 Å². The number of thiol groups is 1. The van der Waals surface area contributed by atoms with Gasteiger partial charge in [0.25, 0.3) is 5.91 Å². The number of aliphatic hydroxyl groups is 1. The Morgan fingerprint density at radius 3 is 2.65 bits per heavy atom. The van der Waals surface area contributed by atoms with E-state index in [4.69, 9.17) is 16.2 Å². The number of aliphatic hydroxyl groups excluding tert-OH is 1. The molecule has 142 valence electrons. The normalized spacial score (nSPS) is 17.2. The third-order valence-corrected chi connectivity index (χ3v) is 5.02. The zero-order valence-corrected chi connectivity index (χ0v) is 16.0. The van der Waals surface area contributed by atoms with Crippen LogP contribution in [-0.2, 0) is 4.79 Å². The van der Waals surface area contributed by atoms with E-state index in [1.807, 2.05) is 0 Å². The molecule has 1 fully saturated rings. The van der Waals surface area contributed by atoms with Crippen LogP contribution in [0.2, 0.25) is 0 Å². The third-order valence-electron chi connectivity index (χ3n) is 4.54. The summed E-state index contributed by atoms with van der Waals surface area (Å²) in [6.07, 6.45) is 2.48. The number of hydrogen-bond acceptors (Lipinski definition) is 7. The molecule has 0 spiro atoms. The minimum Gasteiger partial charge on any atom is -0.488 e. The second-order valence-corrected chi connectivity index (χ2v) is 7.03. The van der Waals surface area contributed by atoms with Crippen molar-refractivity contribution in [2.24, 2.45) is 10.7 Å². The molecule has 1 aromatic rings. The van der Waals surface area contributed by atoms with Gasteiger partial charge in [0.15, 0.2) is 0 Å². The molecule has 0 bridgehead atoms. The van der Waals surface area contributed by atoms with Crippen LogP contribution in [-0.4, -0.2) is 42.5 Å². The van der Waals surface area contributed by atoms with Gasteiger partial charge in [0.05, 0.1) is 12.1 Å². The molecule has 2 rings (SSSR count).